The van der Waals surface area contributed by atoms with Crippen LogP contribution in [-0.2, 0) is 12.8 Å². The van der Waals surface area contributed by atoms with Crippen LogP contribution in [0.5, 0.6) is 5.75 Å². The summed E-state index contributed by atoms with van der Waals surface area (Å²) in [6, 6.07) is 26.4. The highest BCUT2D eigenvalue weighted by Crippen LogP contribution is 2.29. The molecular weight excluding hydrogens is 442 g/mol. The fourth-order valence-corrected chi connectivity index (χ4v) is 4.15. The summed E-state index contributed by atoms with van der Waals surface area (Å²) in [5.41, 5.74) is 3.70. The van der Waals surface area contributed by atoms with Crippen LogP contribution >= 0.6 is 0 Å². The number of halogens is 2. The lowest BCUT2D eigenvalue weighted by molar-refractivity contribution is 0.0734. The van der Waals surface area contributed by atoms with Crippen molar-refractivity contribution in [1.29, 1.82) is 0 Å². The van der Waals surface area contributed by atoms with Crippen molar-refractivity contribution >= 4 is 5.97 Å². The molecule has 0 bridgehead atoms. The van der Waals surface area contributed by atoms with Gasteiger partial charge in [-0.05, 0) is 77.4 Å². The van der Waals surface area contributed by atoms with Crippen molar-refractivity contribution in [2.24, 2.45) is 0 Å². The van der Waals surface area contributed by atoms with Gasteiger partial charge in [-0.1, -0.05) is 74.9 Å². The first-order valence-electron chi connectivity index (χ1n) is 11.9. The molecule has 0 aromatic heterocycles. The van der Waals surface area contributed by atoms with Crippen LogP contribution in [0.3, 0.4) is 0 Å². The Labute approximate surface area is 205 Å². The zero-order valence-corrected chi connectivity index (χ0v) is 19.9. The first-order valence-corrected chi connectivity index (χ1v) is 11.9. The fourth-order valence-electron chi connectivity index (χ4n) is 4.15. The summed E-state index contributed by atoms with van der Waals surface area (Å²) < 4.78 is 35.2. The van der Waals surface area contributed by atoms with E-state index in [4.69, 9.17) is 4.74 Å². The lowest BCUT2D eigenvalue weighted by Crippen LogP contribution is -2.08. The quantitative estimate of drug-likeness (QED) is 0.192. The number of ether oxygens (including phenoxy) is 1. The van der Waals surface area contributed by atoms with Crippen molar-refractivity contribution < 1.29 is 18.3 Å². The van der Waals surface area contributed by atoms with E-state index in [2.05, 4.69) is 6.92 Å². The smallest absolute Gasteiger partial charge is 0.343 e. The monoisotopic (exact) mass is 470 g/mol. The van der Waals surface area contributed by atoms with Crippen LogP contribution < -0.4 is 4.74 Å². The third-order valence-electron chi connectivity index (χ3n) is 6.15. The lowest BCUT2D eigenvalue weighted by atomic mass is 9.92. The van der Waals surface area contributed by atoms with Gasteiger partial charge in [-0.25, -0.2) is 13.6 Å². The standard InChI is InChI=1S/C31H28F2O2/c1-3-7-22-10-16-27(17-11-22)35-31(34)25-14-12-24(13-15-25)26-19-29(32)28(30(33)20-26)18-21(2)23-8-5-4-6-9-23/h4-6,8-17,19-21H,3,7,18H2,1-2H3. The van der Waals surface area contributed by atoms with Crippen molar-refractivity contribution in [3.63, 3.8) is 0 Å². The predicted octanol–water partition coefficient (Wildman–Crippen LogP) is 8.15. The van der Waals surface area contributed by atoms with Gasteiger partial charge in [0.25, 0.3) is 0 Å². The van der Waals surface area contributed by atoms with Gasteiger partial charge in [-0.15, -0.1) is 0 Å². The van der Waals surface area contributed by atoms with Crippen LogP contribution in [-0.4, -0.2) is 5.97 Å². The Hall–Kier alpha value is -3.79. The van der Waals surface area contributed by atoms with E-state index in [1.807, 2.05) is 49.4 Å². The molecule has 35 heavy (non-hydrogen) atoms. The van der Waals surface area contributed by atoms with Gasteiger partial charge in [-0.3, -0.25) is 0 Å². The second-order valence-electron chi connectivity index (χ2n) is 8.80. The first kappa shape index (κ1) is 24.3. The Bertz CT molecular complexity index is 1260. The van der Waals surface area contributed by atoms with Gasteiger partial charge in [0.2, 0.25) is 0 Å². The average molecular weight is 471 g/mol. The van der Waals surface area contributed by atoms with Crippen molar-refractivity contribution in [3.05, 3.63) is 125 Å². The van der Waals surface area contributed by atoms with E-state index in [1.54, 1.807) is 36.4 Å². The van der Waals surface area contributed by atoms with E-state index in [9.17, 15) is 13.6 Å². The molecule has 0 saturated carbocycles. The highest BCUT2D eigenvalue weighted by atomic mass is 19.1. The SMILES string of the molecule is CCCc1ccc(OC(=O)c2ccc(-c3cc(F)c(CC(C)c4ccccc4)c(F)c3)cc2)cc1. The van der Waals surface area contributed by atoms with Gasteiger partial charge in [0.1, 0.15) is 17.4 Å². The van der Waals surface area contributed by atoms with Gasteiger partial charge in [0, 0.05) is 5.56 Å². The minimum absolute atomic E-state index is 0.0146. The molecular formula is C31H28F2O2. The Kier molecular flexibility index (Phi) is 7.71. The molecule has 1 unspecified atom stereocenters. The van der Waals surface area contributed by atoms with Crippen molar-refractivity contribution in [2.45, 2.75) is 39.0 Å². The van der Waals surface area contributed by atoms with Crippen LogP contribution in [0.4, 0.5) is 8.78 Å². The average Bonchev–Trinajstić information content (AvgIpc) is 2.88. The molecule has 1 atom stereocenters. The summed E-state index contributed by atoms with van der Waals surface area (Å²) >= 11 is 0. The third kappa shape index (κ3) is 6.02. The van der Waals surface area contributed by atoms with Crippen LogP contribution in [0.2, 0.25) is 0 Å². The number of hydrogen-bond donors (Lipinski definition) is 0. The number of carbonyl (C=O) groups is 1. The molecule has 2 nitrogen and oxygen atoms in total. The molecule has 0 aliphatic carbocycles. The summed E-state index contributed by atoms with van der Waals surface area (Å²) in [5, 5.41) is 0. The van der Waals surface area contributed by atoms with Gasteiger partial charge in [0.05, 0.1) is 5.56 Å². The highest BCUT2D eigenvalue weighted by Gasteiger charge is 2.17. The highest BCUT2D eigenvalue weighted by molar-refractivity contribution is 5.91. The molecule has 0 aliphatic heterocycles. The third-order valence-corrected chi connectivity index (χ3v) is 6.15. The van der Waals surface area contributed by atoms with Crippen LogP contribution in [0.25, 0.3) is 11.1 Å². The Morgan fingerprint density at radius 3 is 2.06 bits per heavy atom. The summed E-state index contributed by atoms with van der Waals surface area (Å²) in [6.07, 6.45) is 2.30. The minimum Gasteiger partial charge on any atom is -0.423 e. The van der Waals surface area contributed by atoms with Gasteiger partial charge < -0.3 is 4.74 Å². The summed E-state index contributed by atoms with van der Waals surface area (Å²) in [6.45, 7) is 4.07. The zero-order chi connectivity index (χ0) is 24.8. The molecule has 4 heteroatoms. The molecule has 4 aromatic rings. The summed E-state index contributed by atoms with van der Waals surface area (Å²) in [4.78, 5) is 12.5. The van der Waals surface area contributed by atoms with E-state index in [-0.39, 0.29) is 17.9 Å². The number of esters is 1. The van der Waals surface area contributed by atoms with E-state index >= 15 is 0 Å². The second kappa shape index (κ2) is 11.1. The molecule has 0 heterocycles. The van der Waals surface area contributed by atoms with Crippen molar-refractivity contribution in [3.8, 4) is 16.9 Å². The molecule has 0 radical (unpaired) electrons. The number of rotatable bonds is 8. The largest absolute Gasteiger partial charge is 0.423 e. The maximum atomic E-state index is 14.9. The number of aryl methyl sites for hydroxylation is 1. The maximum absolute atomic E-state index is 14.9. The minimum atomic E-state index is -0.571. The molecule has 0 amide bonds. The molecule has 0 aliphatic rings. The van der Waals surface area contributed by atoms with Crippen molar-refractivity contribution in [1.82, 2.24) is 0 Å². The van der Waals surface area contributed by atoms with Crippen molar-refractivity contribution in [2.75, 3.05) is 0 Å². The van der Waals surface area contributed by atoms with Crippen LogP contribution in [0.1, 0.15) is 53.2 Å². The second-order valence-corrected chi connectivity index (χ2v) is 8.80. The van der Waals surface area contributed by atoms with Crippen LogP contribution in [0, 0.1) is 11.6 Å². The number of carbonyl (C=O) groups excluding carboxylic acids is 1. The first-order chi connectivity index (χ1) is 16.9. The number of hydrogen-bond acceptors (Lipinski definition) is 2. The Morgan fingerprint density at radius 2 is 1.46 bits per heavy atom. The summed E-state index contributed by atoms with van der Waals surface area (Å²) in [7, 11) is 0. The zero-order valence-electron chi connectivity index (χ0n) is 19.9. The lowest BCUT2D eigenvalue weighted by Gasteiger charge is -2.14. The number of benzene rings is 4. The van der Waals surface area contributed by atoms with E-state index in [0.29, 0.717) is 22.4 Å². The predicted molar refractivity (Wildman–Crippen MR) is 136 cm³/mol. The van der Waals surface area contributed by atoms with E-state index in [1.165, 1.54) is 17.7 Å². The molecule has 178 valence electrons. The molecule has 4 aromatic carbocycles. The molecule has 0 spiro atoms. The van der Waals surface area contributed by atoms with Gasteiger partial charge in [-0.2, -0.15) is 0 Å². The van der Waals surface area contributed by atoms with Gasteiger partial charge in [0.15, 0.2) is 0 Å². The van der Waals surface area contributed by atoms with Crippen LogP contribution in [0.15, 0.2) is 91.0 Å². The normalized spacial score (nSPS) is 11.8. The fraction of sp³-hybridized carbons (Fsp3) is 0.194. The summed E-state index contributed by atoms with van der Waals surface area (Å²) in [5.74, 6) is -1.17. The molecule has 0 fully saturated rings. The van der Waals surface area contributed by atoms with E-state index in [0.717, 1.165) is 18.4 Å². The molecule has 0 saturated heterocycles. The van der Waals surface area contributed by atoms with E-state index < -0.39 is 17.6 Å². The maximum Gasteiger partial charge on any atom is 0.343 e. The Morgan fingerprint density at radius 1 is 0.829 bits per heavy atom. The van der Waals surface area contributed by atoms with Gasteiger partial charge >= 0.3 is 5.97 Å². The molecule has 4 rings (SSSR count). The molecule has 0 N–H and O–H groups in total. The Balaban J connectivity index is 1.46. The topological polar surface area (TPSA) is 26.3 Å².